The van der Waals surface area contributed by atoms with Gasteiger partial charge in [-0.25, -0.2) is 0 Å². The van der Waals surface area contributed by atoms with Crippen molar-refractivity contribution in [1.82, 2.24) is 0 Å². The minimum atomic E-state index is 0.662. The van der Waals surface area contributed by atoms with Crippen LogP contribution in [0.2, 0.25) is 0 Å². The molecular weight excluding hydrogens is 272 g/mol. The molecule has 0 radical (unpaired) electrons. The van der Waals surface area contributed by atoms with Gasteiger partial charge >= 0.3 is 0 Å². The summed E-state index contributed by atoms with van der Waals surface area (Å²) < 4.78 is 11.5. The summed E-state index contributed by atoms with van der Waals surface area (Å²) in [5, 5.41) is 0. The Labute approximate surface area is 130 Å². The fourth-order valence-corrected chi connectivity index (χ4v) is 2.95. The van der Waals surface area contributed by atoms with Crippen molar-refractivity contribution in [1.29, 1.82) is 0 Å². The molecule has 0 N–H and O–H groups in total. The summed E-state index contributed by atoms with van der Waals surface area (Å²) >= 11 is 0. The first-order valence-corrected chi connectivity index (χ1v) is 7.72. The minimum Gasteiger partial charge on any atom is -0.489 e. The highest BCUT2D eigenvalue weighted by molar-refractivity contribution is 5.68. The lowest BCUT2D eigenvalue weighted by atomic mass is 9.98. The largest absolute Gasteiger partial charge is 0.489 e. The van der Waals surface area contributed by atoms with E-state index < -0.39 is 0 Å². The molecule has 22 heavy (non-hydrogen) atoms. The van der Waals surface area contributed by atoms with Crippen LogP contribution >= 0.6 is 0 Å². The summed E-state index contributed by atoms with van der Waals surface area (Å²) in [5.74, 6) is 1.99. The van der Waals surface area contributed by atoms with Crippen LogP contribution in [0.25, 0.3) is 11.1 Å². The van der Waals surface area contributed by atoms with Gasteiger partial charge in [-0.3, -0.25) is 0 Å². The van der Waals surface area contributed by atoms with Crippen LogP contribution in [0.5, 0.6) is 11.5 Å². The van der Waals surface area contributed by atoms with Gasteiger partial charge in [0.1, 0.15) is 24.7 Å². The molecule has 0 saturated heterocycles. The van der Waals surface area contributed by atoms with Crippen molar-refractivity contribution < 1.29 is 9.47 Å². The first-order valence-electron chi connectivity index (χ1n) is 7.72. The van der Waals surface area contributed by atoms with E-state index in [1.165, 1.54) is 22.3 Å². The average Bonchev–Trinajstić information content (AvgIpc) is 2.93. The van der Waals surface area contributed by atoms with E-state index >= 15 is 0 Å². The van der Waals surface area contributed by atoms with Crippen molar-refractivity contribution in [3.05, 3.63) is 71.8 Å². The summed E-state index contributed by atoms with van der Waals surface area (Å²) in [7, 11) is 0. The second-order valence-electron chi connectivity index (χ2n) is 5.62. The van der Waals surface area contributed by atoms with E-state index in [9.17, 15) is 0 Å². The molecule has 0 bridgehead atoms. The van der Waals surface area contributed by atoms with Crippen LogP contribution in [0.1, 0.15) is 11.1 Å². The number of hydrogen-bond acceptors (Lipinski definition) is 2. The molecule has 0 amide bonds. The quantitative estimate of drug-likeness (QED) is 0.728. The Morgan fingerprint density at radius 1 is 0.591 bits per heavy atom. The number of allylic oxidation sites excluding steroid dienone is 2. The van der Waals surface area contributed by atoms with Gasteiger partial charge in [-0.15, -0.1) is 0 Å². The monoisotopic (exact) mass is 290 g/mol. The van der Waals surface area contributed by atoms with Crippen molar-refractivity contribution in [2.24, 2.45) is 0 Å². The zero-order chi connectivity index (χ0) is 14.8. The third kappa shape index (κ3) is 2.52. The lowest BCUT2D eigenvalue weighted by Crippen LogP contribution is -1.96. The second kappa shape index (κ2) is 5.72. The van der Waals surface area contributed by atoms with Gasteiger partial charge in [-0.1, -0.05) is 36.4 Å². The Hall–Kier alpha value is -2.48. The highest BCUT2D eigenvalue weighted by atomic mass is 16.5. The maximum Gasteiger partial charge on any atom is 0.123 e. The van der Waals surface area contributed by atoms with Gasteiger partial charge in [0.05, 0.1) is 0 Å². The lowest BCUT2D eigenvalue weighted by molar-refractivity contribution is 0.362. The van der Waals surface area contributed by atoms with Gasteiger partial charge in [0.2, 0.25) is 0 Å². The Kier molecular flexibility index (Phi) is 3.43. The molecule has 2 heteroatoms. The second-order valence-corrected chi connectivity index (χ2v) is 5.62. The van der Waals surface area contributed by atoms with E-state index in [0.29, 0.717) is 13.2 Å². The van der Waals surface area contributed by atoms with Crippen LogP contribution in [0, 0.1) is 0 Å². The summed E-state index contributed by atoms with van der Waals surface area (Å²) in [4.78, 5) is 0. The molecule has 110 valence electrons. The van der Waals surface area contributed by atoms with Gasteiger partial charge in [0.25, 0.3) is 0 Å². The number of fused-ring (bicyclic) bond motifs is 2. The molecule has 2 heterocycles. The van der Waals surface area contributed by atoms with E-state index in [-0.39, 0.29) is 0 Å². The van der Waals surface area contributed by atoms with Gasteiger partial charge in [0, 0.05) is 0 Å². The van der Waals surface area contributed by atoms with Crippen LogP contribution in [-0.4, -0.2) is 13.2 Å². The molecule has 0 unspecified atom stereocenters. The Balaban J connectivity index is 1.73. The standard InChI is InChI=1S/C20H18O2/c1-3-11-21-19-9-7-15(13-17(19)5-1)16-8-10-20-18(14-16)6-2-4-12-22-20/h1-4,7-10,13-14H,5-6,11-12H2. The van der Waals surface area contributed by atoms with Crippen molar-refractivity contribution in [3.8, 4) is 22.6 Å². The highest BCUT2D eigenvalue weighted by Crippen LogP contribution is 2.32. The number of ether oxygens (including phenoxy) is 2. The van der Waals surface area contributed by atoms with E-state index in [0.717, 1.165) is 24.3 Å². The van der Waals surface area contributed by atoms with Crippen molar-refractivity contribution in [3.63, 3.8) is 0 Å². The summed E-state index contributed by atoms with van der Waals surface area (Å²) in [6.07, 6.45) is 10.4. The molecular formula is C20H18O2. The molecule has 0 atom stereocenters. The van der Waals surface area contributed by atoms with Crippen molar-refractivity contribution in [2.45, 2.75) is 12.8 Å². The van der Waals surface area contributed by atoms with Crippen molar-refractivity contribution >= 4 is 0 Å². The SMILES string of the molecule is C1=CCc2cc(-c3ccc4c(c3)CC=CCO4)ccc2OC1. The third-order valence-electron chi connectivity index (χ3n) is 4.13. The molecule has 2 aromatic rings. The fraction of sp³-hybridized carbons (Fsp3) is 0.200. The Morgan fingerprint density at radius 3 is 1.59 bits per heavy atom. The molecule has 4 rings (SSSR count). The zero-order valence-corrected chi connectivity index (χ0v) is 12.4. The van der Waals surface area contributed by atoms with Gasteiger partial charge in [0.15, 0.2) is 0 Å². The maximum atomic E-state index is 5.73. The minimum absolute atomic E-state index is 0.662. The van der Waals surface area contributed by atoms with Crippen LogP contribution in [0.3, 0.4) is 0 Å². The first-order chi connectivity index (χ1) is 10.9. The van der Waals surface area contributed by atoms with E-state index in [1.54, 1.807) is 0 Å². The van der Waals surface area contributed by atoms with Gasteiger partial charge in [-0.2, -0.15) is 0 Å². The molecule has 2 nitrogen and oxygen atoms in total. The summed E-state index contributed by atoms with van der Waals surface area (Å²) in [6, 6.07) is 12.9. The predicted molar refractivity (Wildman–Crippen MR) is 88.6 cm³/mol. The lowest BCUT2D eigenvalue weighted by Gasteiger charge is -2.12. The van der Waals surface area contributed by atoms with Crippen LogP contribution < -0.4 is 9.47 Å². The third-order valence-corrected chi connectivity index (χ3v) is 4.13. The number of rotatable bonds is 1. The molecule has 0 aromatic heterocycles. The number of hydrogen-bond donors (Lipinski definition) is 0. The molecule has 2 aliphatic heterocycles. The summed E-state index contributed by atoms with van der Waals surface area (Å²) in [5.41, 5.74) is 4.96. The van der Waals surface area contributed by atoms with E-state index in [2.05, 4.69) is 60.7 Å². The summed E-state index contributed by atoms with van der Waals surface area (Å²) in [6.45, 7) is 1.32. The van der Waals surface area contributed by atoms with Gasteiger partial charge in [-0.05, 0) is 59.4 Å². The smallest absolute Gasteiger partial charge is 0.123 e. The topological polar surface area (TPSA) is 18.5 Å². The van der Waals surface area contributed by atoms with Gasteiger partial charge < -0.3 is 9.47 Å². The highest BCUT2D eigenvalue weighted by Gasteiger charge is 2.11. The molecule has 0 spiro atoms. The molecule has 0 fully saturated rings. The molecule has 0 saturated carbocycles. The predicted octanol–water partition coefficient (Wildman–Crippen LogP) is 4.34. The van der Waals surface area contributed by atoms with Crippen LogP contribution in [0.15, 0.2) is 60.7 Å². The van der Waals surface area contributed by atoms with Crippen molar-refractivity contribution in [2.75, 3.05) is 13.2 Å². The van der Waals surface area contributed by atoms with E-state index in [1.807, 2.05) is 0 Å². The molecule has 2 aliphatic rings. The molecule has 2 aromatic carbocycles. The normalized spacial score (nSPS) is 15.8. The van der Waals surface area contributed by atoms with Crippen LogP contribution in [-0.2, 0) is 12.8 Å². The molecule has 0 aliphatic carbocycles. The number of benzene rings is 2. The fourth-order valence-electron chi connectivity index (χ4n) is 2.95. The Morgan fingerprint density at radius 2 is 1.09 bits per heavy atom. The zero-order valence-electron chi connectivity index (χ0n) is 12.4. The van der Waals surface area contributed by atoms with E-state index in [4.69, 9.17) is 9.47 Å². The first kappa shape index (κ1) is 13.2. The average molecular weight is 290 g/mol. The maximum absolute atomic E-state index is 5.73. The Bertz CT molecular complexity index is 691. The van der Waals surface area contributed by atoms with Crippen LogP contribution in [0.4, 0.5) is 0 Å².